The molecule has 0 saturated heterocycles. The molecule has 1 aromatic carbocycles. The number of nitrogens with zero attached hydrogens (tertiary/aromatic N) is 5. The zero-order chi connectivity index (χ0) is 16.1. The molecule has 3 rings (SSSR count). The topological polar surface area (TPSA) is 85.6 Å². The SMILES string of the molecule is Cn1cnnc1SCc1nnc(C(=O)NCc2ccccc2)s1. The molecule has 0 bridgehead atoms. The maximum atomic E-state index is 12.1. The van der Waals surface area contributed by atoms with Crippen molar-refractivity contribution in [2.45, 2.75) is 17.5 Å². The number of thioether (sulfide) groups is 1. The first-order valence-corrected chi connectivity index (χ1v) is 8.64. The standard InChI is InChI=1S/C14H14N6OS2/c1-20-9-16-19-14(20)22-8-11-17-18-13(23-11)12(21)15-7-10-5-3-2-4-6-10/h2-6,9H,7-8H2,1H3,(H,15,21). The molecular formula is C14H14N6OS2. The molecule has 7 nitrogen and oxygen atoms in total. The average Bonchev–Trinajstić information content (AvgIpc) is 3.20. The largest absolute Gasteiger partial charge is 0.346 e. The number of benzene rings is 1. The minimum atomic E-state index is -0.207. The Bertz CT molecular complexity index is 785. The molecule has 0 aliphatic rings. The molecule has 1 N–H and O–H groups in total. The first kappa shape index (κ1) is 15.6. The van der Waals surface area contributed by atoms with Gasteiger partial charge in [-0.15, -0.1) is 20.4 Å². The average molecular weight is 346 g/mol. The van der Waals surface area contributed by atoms with E-state index in [4.69, 9.17) is 0 Å². The highest BCUT2D eigenvalue weighted by Gasteiger charge is 2.13. The number of hydrogen-bond acceptors (Lipinski definition) is 7. The van der Waals surface area contributed by atoms with Gasteiger partial charge in [-0.2, -0.15) is 0 Å². The molecular weight excluding hydrogens is 332 g/mol. The maximum absolute atomic E-state index is 12.1. The van der Waals surface area contributed by atoms with Gasteiger partial charge in [-0.3, -0.25) is 4.79 Å². The molecule has 23 heavy (non-hydrogen) atoms. The van der Waals surface area contributed by atoms with E-state index in [0.29, 0.717) is 17.3 Å². The van der Waals surface area contributed by atoms with Gasteiger partial charge in [0.15, 0.2) is 5.16 Å². The van der Waals surface area contributed by atoms with Gasteiger partial charge in [-0.1, -0.05) is 53.4 Å². The van der Waals surface area contributed by atoms with Gasteiger partial charge in [0.1, 0.15) is 11.3 Å². The Balaban J connectivity index is 1.54. The van der Waals surface area contributed by atoms with E-state index in [0.717, 1.165) is 15.7 Å². The Morgan fingerprint density at radius 3 is 2.83 bits per heavy atom. The number of amides is 1. The van der Waals surface area contributed by atoms with E-state index in [1.54, 1.807) is 6.33 Å². The summed E-state index contributed by atoms with van der Waals surface area (Å²) >= 11 is 2.80. The van der Waals surface area contributed by atoms with Crippen LogP contribution in [0.25, 0.3) is 0 Å². The van der Waals surface area contributed by atoms with Crippen LogP contribution in [0.15, 0.2) is 41.8 Å². The molecule has 0 fully saturated rings. The Morgan fingerprint density at radius 1 is 1.26 bits per heavy atom. The molecule has 0 saturated carbocycles. The highest BCUT2D eigenvalue weighted by Crippen LogP contribution is 2.22. The van der Waals surface area contributed by atoms with Crippen molar-refractivity contribution in [3.05, 3.63) is 52.2 Å². The lowest BCUT2D eigenvalue weighted by Crippen LogP contribution is -2.22. The molecule has 3 aromatic rings. The molecule has 2 aromatic heterocycles. The number of aryl methyl sites for hydroxylation is 1. The van der Waals surface area contributed by atoms with Gasteiger partial charge in [0.2, 0.25) is 5.01 Å². The predicted octanol–water partition coefficient (Wildman–Crippen LogP) is 1.89. The summed E-state index contributed by atoms with van der Waals surface area (Å²) in [6.45, 7) is 0.474. The third kappa shape index (κ3) is 4.14. The molecule has 0 aliphatic carbocycles. The quantitative estimate of drug-likeness (QED) is 0.686. The summed E-state index contributed by atoms with van der Waals surface area (Å²) in [5, 5.41) is 20.6. The summed E-state index contributed by atoms with van der Waals surface area (Å²) in [5.74, 6) is 0.400. The van der Waals surface area contributed by atoms with Crippen molar-refractivity contribution in [3.63, 3.8) is 0 Å². The predicted molar refractivity (Wildman–Crippen MR) is 88.1 cm³/mol. The number of carbonyl (C=O) groups is 1. The molecule has 2 heterocycles. The Morgan fingerprint density at radius 2 is 2.09 bits per heavy atom. The molecule has 0 radical (unpaired) electrons. The van der Waals surface area contributed by atoms with E-state index in [1.165, 1.54) is 23.1 Å². The molecule has 9 heteroatoms. The van der Waals surface area contributed by atoms with Crippen LogP contribution in [0, 0.1) is 0 Å². The first-order valence-electron chi connectivity index (χ1n) is 6.83. The van der Waals surface area contributed by atoms with E-state index in [-0.39, 0.29) is 5.91 Å². The fourth-order valence-electron chi connectivity index (χ4n) is 1.79. The van der Waals surface area contributed by atoms with Gasteiger partial charge in [-0.25, -0.2) is 0 Å². The number of rotatable bonds is 6. The zero-order valence-electron chi connectivity index (χ0n) is 12.3. The molecule has 118 valence electrons. The summed E-state index contributed by atoms with van der Waals surface area (Å²) in [7, 11) is 1.88. The Hall–Kier alpha value is -2.26. The number of aromatic nitrogens is 5. The van der Waals surface area contributed by atoms with Crippen molar-refractivity contribution in [1.82, 2.24) is 30.3 Å². The van der Waals surface area contributed by atoms with Crippen LogP contribution in [0.2, 0.25) is 0 Å². The third-order valence-electron chi connectivity index (χ3n) is 2.95. The fourth-order valence-corrected chi connectivity index (χ4v) is 3.42. The summed E-state index contributed by atoms with van der Waals surface area (Å²) < 4.78 is 1.83. The molecule has 1 amide bonds. The van der Waals surface area contributed by atoms with Crippen LogP contribution < -0.4 is 5.32 Å². The van der Waals surface area contributed by atoms with Crippen molar-refractivity contribution in [3.8, 4) is 0 Å². The molecule has 0 atom stereocenters. The number of nitrogens with one attached hydrogen (secondary N) is 1. The number of carbonyl (C=O) groups excluding carboxylic acids is 1. The van der Waals surface area contributed by atoms with E-state index in [1.807, 2.05) is 41.9 Å². The second kappa shape index (κ2) is 7.34. The summed E-state index contributed by atoms with van der Waals surface area (Å²) in [6.07, 6.45) is 1.64. The smallest absolute Gasteiger partial charge is 0.282 e. The van der Waals surface area contributed by atoms with Crippen molar-refractivity contribution in [1.29, 1.82) is 0 Å². The van der Waals surface area contributed by atoms with Crippen LogP contribution in [-0.4, -0.2) is 30.9 Å². The van der Waals surface area contributed by atoms with Crippen molar-refractivity contribution in [2.24, 2.45) is 7.05 Å². The van der Waals surface area contributed by atoms with Crippen molar-refractivity contribution in [2.75, 3.05) is 0 Å². The minimum Gasteiger partial charge on any atom is -0.346 e. The van der Waals surface area contributed by atoms with Crippen LogP contribution >= 0.6 is 23.1 Å². The van der Waals surface area contributed by atoms with E-state index >= 15 is 0 Å². The van der Waals surface area contributed by atoms with Crippen molar-refractivity contribution < 1.29 is 4.79 Å². The summed E-state index contributed by atoms with van der Waals surface area (Å²) in [5.41, 5.74) is 1.04. The first-order chi connectivity index (χ1) is 11.2. The number of hydrogen-bond donors (Lipinski definition) is 1. The summed E-state index contributed by atoms with van der Waals surface area (Å²) in [6, 6.07) is 9.74. The second-order valence-corrected chi connectivity index (χ2v) is 6.69. The lowest BCUT2D eigenvalue weighted by Gasteiger charge is -2.02. The Labute approximate surface area is 141 Å². The lowest BCUT2D eigenvalue weighted by atomic mass is 10.2. The normalized spacial score (nSPS) is 10.7. The monoisotopic (exact) mass is 346 g/mol. The zero-order valence-corrected chi connectivity index (χ0v) is 14.0. The van der Waals surface area contributed by atoms with Gasteiger partial charge in [0.25, 0.3) is 5.91 Å². The lowest BCUT2D eigenvalue weighted by molar-refractivity contribution is 0.0950. The molecule has 0 aliphatic heterocycles. The summed E-state index contributed by atoms with van der Waals surface area (Å²) in [4.78, 5) is 12.1. The van der Waals surface area contributed by atoms with Crippen molar-refractivity contribution >= 4 is 29.0 Å². The van der Waals surface area contributed by atoms with Crippen LogP contribution in [0.3, 0.4) is 0 Å². The van der Waals surface area contributed by atoms with E-state index < -0.39 is 0 Å². The molecule has 0 unspecified atom stereocenters. The third-order valence-corrected chi connectivity index (χ3v) is 5.10. The van der Waals surface area contributed by atoms with Crippen LogP contribution in [-0.2, 0) is 19.3 Å². The fraction of sp³-hybridized carbons (Fsp3) is 0.214. The van der Waals surface area contributed by atoms with E-state index in [2.05, 4.69) is 25.7 Å². The van der Waals surface area contributed by atoms with Gasteiger partial charge >= 0.3 is 0 Å². The highest BCUT2D eigenvalue weighted by molar-refractivity contribution is 7.98. The van der Waals surface area contributed by atoms with Gasteiger partial charge in [0, 0.05) is 13.6 Å². The second-order valence-electron chi connectivity index (χ2n) is 4.68. The van der Waals surface area contributed by atoms with Crippen LogP contribution in [0.5, 0.6) is 0 Å². The maximum Gasteiger partial charge on any atom is 0.282 e. The molecule has 0 spiro atoms. The van der Waals surface area contributed by atoms with Gasteiger partial charge in [0.05, 0.1) is 5.75 Å². The Kier molecular flexibility index (Phi) is 4.99. The van der Waals surface area contributed by atoms with Crippen LogP contribution in [0.4, 0.5) is 0 Å². The van der Waals surface area contributed by atoms with E-state index in [9.17, 15) is 4.79 Å². The minimum absolute atomic E-state index is 0.207. The highest BCUT2D eigenvalue weighted by atomic mass is 32.2. The van der Waals surface area contributed by atoms with Gasteiger partial charge in [-0.05, 0) is 5.56 Å². The van der Waals surface area contributed by atoms with Crippen LogP contribution in [0.1, 0.15) is 20.4 Å². The van der Waals surface area contributed by atoms with Gasteiger partial charge < -0.3 is 9.88 Å².